The molecule has 0 saturated carbocycles. The van der Waals surface area contributed by atoms with E-state index in [9.17, 15) is 4.79 Å². The number of aromatic nitrogens is 1. The van der Waals surface area contributed by atoms with Crippen LogP contribution in [0.2, 0.25) is 0 Å². The molecule has 0 bridgehead atoms. The number of hydrogen-bond donors (Lipinski definition) is 2. The van der Waals surface area contributed by atoms with Gasteiger partial charge in [-0.15, -0.1) is 0 Å². The molecule has 0 aromatic carbocycles. The lowest BCUT2D eigenvalue weighted by atomic mass is 10.2. The van der Waals surface area contributed by atoms with Crippen molar-refractivity contribution in [3.05, 3.63) is 29.6 Å². The summed E-state index contributed by atoms with van der Waals surface area (Å²) < 4.78 is 0. The van der Waals surface area contributed by atoms with Crippen molar-refractivity contribution in [1.29, 1.82) is 0 Å². The highest BCUT2D eigenvalue weighted by atomic mass is 16.4. The zero-order valence-corrected chi connectivity index (χ0v) is 7.74. The Kier molecular flexibility index (Phi) is 3.65. The van der Waals surface area contributed by atoms with E-state index in [0.717, 1.165) is 0 Å². The summed E-state index contributed by atoms with van der Waals surface area (Å²) in [6.07, 6.45) is 1.30. The molecule has 0 aliphatic rings. The maximum Gasteiger partial charge on any atom is 0.337 e. The van der Waals surface area contributed by atoms with Crippen LogP contribution in [0.3, 0.4) is 0 Å². The van der Waals surface area contributed by atoms with Gasteiger partial charge in [0, 0.05) is 6.20 Å². The third kappa shape index (κ3) is 2.88. The molecule has 0 unspecified atom stereocenters. The van der Waals surface area contributed by atoms with Crippen LogP contribution in [0.4, 0.5) is 0 Å². The van der Waals surface area contributed by atoms with Gasteiger partial charge >= 0.3 is 5.97 Å². The minimum atomic E-state index is -0.979. The Morgan fingerprint density at radius 1 is 1.64 bits per heavy atom. The first-order valence-electron chi connectivity index (χ1n) is 4.07. The normalized spacial score (nSPS) is 8.93. The minimum Gasteiger partial charge on any atom is -0.478 e. The Bertz CT molecular complexity index is 373. The number of hydrogen-bond acceptors (Lipinski definition) is 3. The maximum atomic E-state index is 10.5. The first kappa shape index (κ1) is 10.2. The van der Waals surface area contributed by atoms with Gasteiger partial charge in [-0.1, -0.05) is 5.92 Å². The summed E-state index contributed by atoms with van der Waals surface area (Å²) in [5.74, 6) is 4.64. The molecule has 0 radical (unpaired) electrons. The summed E-state index contributed by atoms with van der Waals surface area (Å²) >= 11 is 0. The van der Waals surface area contributed by atoms with E-state index in [-0.39, 0.29) is 5.56 Å². The molecule has 0 amide bonds. The summed E-state index contributed by atoms with van der Waals surface area (Å²) in [5, 5.41) is 11.5. The lowest BCUT2D eigenvalue weighted by Crippen LogP contribution is -2.04. The fourth-order valence-electron chi connectivity index (χ4n) is 0.817. The highest BCUT2D eigenvalue weighted by Crippen LogP contribution is 1.98. The van der Waals surface area contributed by atoms with Gasteiger partial charge in [0.1, 0.15) is 5.69 Å². The SMILES string of the molecule is CNCC#Cc1ccc(C(=O)O)cn1. The Morgan fingerprint density at radius 2 is 2.43 bits per heavy atom. The van der Waals surface area contributed by atoms with Crippen molar-refractivity contribution in [2.45, 2.75) is 0 Å². The third-order valence-corrected chi connectivity index (χ3v) is 1.49. The zero-order chi connectivity index (χ0) is 10.4. The quantitative estimate of drug-likeness (QED) is 0.660. The molecule has 4 nitrogen and oxygen atoms in total. The van der Waals surface area contributed by atoms with Crippen molar-refractivity contribution in [3.8, 4) is 11.8 Å². The topological polar surface area (TPSA) is 62.2 Å². The van der Waals surface area contributed by atoms with Crippen LogP contribution in [0.1, 0.15) is 16.1 Å². The second kappa shape index (κ2) is 5.00. The molecule has 72 valence electrons. The van der Waals surface area contributed by atoms with Crippen LogP contribution in [-0.2, 0) is 0 Å². The van der Waals surface area contributed by atoms with E-state index in [2.05, 4.69) is 22.1 Å². The number of nitrogens with zero attached hydrogens (tertiary/aromatic N) is 1. The standard InChI is InChI=1S/C10H10N2O2/c1-11-6-2-3-9-5-4-8(7-12-9)10(13)14/h4-5,7,11H,6H2,1H3,(H,13,14). The highest BCUT2D eigenvalue weighted by Gasteiger charge is 2.00. The number of carboxylic acid groups (broad SMARTS) is 1. The highest BCUT2D eigenvalue weighted by molar-refractivity contribution is 5.87. The van der Waals surface area contributed by atoms with E-state index in [1.165, 1.54) is 12.3 Å². The molecule has 0 spiro atoms. The molecule has 1 heterocycles. The monoisotopic (exact) mass is 190 g/mol. The van der Waals surface area contributed by atoms with Crippen LogP contribution < -0.4 is 5.32 Å². The molecule has 0 aliphatic heterocycles. The molecule has 0 fully saturated rings. The molecule has 1 rings (SSSR count). The molecule has 0 atom stereocenters. The number of carbonyl (C=O) groups is 1. The molecule has 0 aliphatic carbocycles. The Hall–Kier alpha value is -1.86. The molecular weight excluding hydrogens is 180 g/mol. The Labute approximate surface area is 82.0 Å². The summed E-state index contributed by atoms with van der Waals surface area (Å²) in [7, 11) is 1.80. The van der Waals surface area contributed by atoms with Gasteiger partial charge in [-0.05, 0) is 25.1 Å². The lowest BCUT2D eigenvalue weighted by molar-refractivity contribution is 0.0696. The molecular formula is C10H10N2O2. The van der Waals surface area contributed by atoms with Gasteiger partial charge < -0.3 is 10.4 Å². The maximum absolute atomic E-state index is 10.5. The first-order chi connectivity index (χ1) is 6.74. The summed E-state index contributed by atoms with van der Waals surface area (Å²) in [6.45, 7) is 0.586. The smallest absolute Gasteiger partial charge is 0.337 e. The number of nitrogens with one attached hydrogen (secondary N) is 1. The fourth-order valence-corrected chi connectivity index (χ4v) is 0.817. The molecule has 1 aromatic rings. The van der Waals surface area contributed by atoms with E-state index in [4.69, 9.17) is 5.11 Å². The van der Waals surface area contributed by atoms with Gasteiger partial charge in [-0.3, -0.25) is 0 Å². The average Bonchev–Trinajstić information content (AvgIpc) is 2.19. The van der Waals surface area contributed by atoms with E-state index in [1.807, 2.05) is 0 Å². The number of aromatic carboxylic acids is 1. The van der Waals surface area contributed by atoms with Crippen molar-refractivity contribution >= 4 is 5.97 Å². The summed E-state index contributed by atoms with van der Waals surface area (Å²) in [6, 6.07) is 3.07. The zero-order valence-electron chi connectivity index (χ0n) is 7.74. The van der Waals surface area contributed by atoms with Crippen LogP contribution in [0.5, 0.6) is 0 Å². The first-order valence-corrected chi connectivity index (χ1v) is 4.07. The van der Waals surface area contributed by atoms with Gasteiger partial charge in [-0.2, -0.15) is 0 Å². The van der Waals surface area contributed by atoms with Crippen molar-refractivity contribution in [3.63, 3.8) is 0 Å². The molecule has 2 N–H and O–H groups in total. The van der Waals surface area contributed by atoms with Crippen LogP contribution in [0.15, 0.2) is 18.3 Å². The van der Waals surface area contributed by atoms with E-state index >= 15 is 0 Å². The van der Waals surface area contributed by atoms with Crippen LogP contribution in [0, 0.1) is 11.8 Å². The van der Waals surface area contributed by atoms with Gasteiger partial charge in [0.2, 0.25) is 0 Å². The fraction of sp³-hybridized carbons (Fsp3) is 0.200. The minimum absolute atomic E-state index is 0.171. The Balaban J connectivity index is 2.75. The van der Waals surface area contributed by atoms with Crippen molar-refractivity contribution in [2.24, 2.45) is 0 Å². The Morgan fingerprint density at radius 3 is 2.93 bits per heavy atom. The van der Waals surface area contributed by atoms with E-state index in [0.29, 0.717) is 12.2 Å². The van der Waals surface area contributed by atoms with Gasteiger partial charge in [0.05, 0.1) is 12.1 Å². The third-order valence-electron chi connectivity index (χ3n) is 1.49. The van der Waals surface area contributed by atoms with Crippen molar-refractivity contribution in [2.75, 3.05) is 13.6 Å². The van der Waals surface area contributed by atoms with Crippen LogP contribution >= 0.6 is 0 Å². The van der Waals surface area contributed by atoms with Gasteiger partial charge in [0.25, 0.3) is 0 Å². The molecule has 1 aromatic heterocycles. The second-order valence-corrected chi connectivity index (χ2v) is 2.57. The predicted octanol–water partition coefficient (Wildman–Crippen LogP) is 0.351. The number of rotatable bonds is 2. The van der Waals surface area contributed by atoms with Crippen molar-refractivity contribution < 1.29 is 9.90 Å². The van der Waals surface area contributed by atoms with Crippen LogP contribution in [0.25, 0.3) is 0 Å². The van der Waals surface area contributed by atoms with E-state index in [1.54, 1.807) is 13.1 Å². The number of carboxylic acids is 1. The average molecular weight is 190 g/mol. The summed E-state index contributed by atoms with van der Waals surface area (Å²) in [4.78, 5) is 14.4. The van der Waals surface area contributed by atoms with Gasteiger partial charge in [0.15, 0.2) is 0 Å². The molecule has 14 heavy (non-hydrogen) atoms. The second-order valence-electron chi connectivity index (χ2n) is 2.57. The van der Waals surface area contributed by atoms with Gasteiger partial charge in [-0.25, -0.2) is 9.78 Å². The largest absolute Gasteiger partial charge is 0.478 e. The predicted molar refractivity (Wildman–Crippen MR) is 52.0 cm³/mol. The molecule has 0 saturated heterocycles. The lowest BCUT2D eigenvalue weighted by Gasteiger charge is -1.92. The summed E-state index contributed by atoms with van der Waals surface area (Å²) in [5.41, 5.74) is 0.745. The van der Waals surface area contributed by atoms with Crippen molar-refractivity contribution in [1.82, 2.24) is 10.3 Å². The van der Waals surface area contributed by atoms with E-state index < -0.39 is 5.97 Å². The van der Waals surface area contributed by atoms with Crippen LogP contribution in [-0.4, -0.2) is 29.7 Å². The number of pyridine rings is 1. The molecule has 4 heteroatoms.